The van der Waals surface area contributed by atoms with E-state index in [-0.39, 0.29) is 24.3 Å². The standard InChI is InChI=1S/C20H22N2O7S2/c23-18(24)13-21-14-1-3-15(4-2-14)29-16-5-7-17(8-6-16)31(27,28)20(19(25)22-26)9-11-30-12-10-20/h1-8,21,26H,9-13H2,(H,22,25)(H,23,24). The molecule has 11 heteroatoms. The minimum Gasteiger partial charge on any atom is -0.480 e. The fraction of sp³-hybridized carbons (Fsp3) is 0.300. The van der Waals surface area contributed by atoms with Gasteiger partial charge in [0.15, 0.2) is 14.6 Å². The maximum absolute atomic E-state index is 13.3. The van der Waals surface area contributed by atoms with Crippen molar-refractivity contribution in [3.8, 4) is 11.5 Å². The van der Waals surface area contributed by atoms with Crippen LogP contribution in [0.3, 0.4) is 0 Å². The van der Waals surface area contributed by atoms with Crippen LogP contribution in [-0.2, 0) is 19.4 Å². The second-order valence-corrected chi connectivity index (χ2v) is 10.4. The summed E-state index contributed by atoms with van der Waals surface area (Å²) in [6.45, 7) is -0.204. The van der Waals surface area contributed by atoms with Crippen LogP contribution < -0.4 is 15.5 Å². The van der Waals surface area contributed by atoms with Crippen LogP contribution in [0.5, 0.6) is 11.5 Å². The molecule has 0 atom stereocenters. The third-order valence-electron chi connectivity index (χ3n) is 5.00. The van der Waals surface area contributed by atoms with Crippen LogP contribution in [0, 0.1) is 0 Å². The Balaban J connectivity index is 1.76. The first-order valence-corrected chi connectivity index (χ1v) is 12.0. The number of carboxylic acids is 1. The lowest BCUT2D eigenvalue weighted by Gasteiger charge is -2.34. The second kappa shape index (κ2) is 9.58. The van der Waals surface area contributed by atoms with Crippen molar-refractivity contribution in [1.29, 1.82) is 0 Å². The summed E-state index contributed by atoms with van der Waals surface area (Å²) >= 11 is 1.57. The maximum Gasteiger partial charge on any atom is 0.322 e. The lowest BCUT2D eigenvalue weighted by Crippen LogP contribution is -2.53. The molecule has 0 aromatic heterocycles. The smallest absolute Gasteiger partial charge is 0.322 e. The zero-order chi connectivity index (χ0) is 22.5. The summed E-state index contributed by atoms with van der Waals surface area (Å²) in [5.41, 5.74) is 2.15. The van der Waals surface area contributed by atoms with Gasteiger partial charge in [-0.1, -0.05) is 0 Å². The molecule has 1 heterocycles. The van der Waals surface area contributed by atoms with E-state index >= 15 is 0 Å². The summed E-state index contributed by atoms with van der Waals surface area (Å²) in [6.07, 6.45) is 0.236. The lowest BCUT2D eigenvalue weighted by atomic mass is 10.0. The third kappa shape index (κ3) is 4.94. The Labute approximate surface area is 183 Å². The molecule has 1 aliphatic heterocycles. The molecule has 1 saturated heterocycles. The van der Waals surface area contributed by atoms with Gasteiger partial charge >= 0.3 is 5.97 Å². The molecule has 9 nitrogen and oxygen atoms in total. The Morgan fingerprint density at radius 3 is 2.06 bits per heavy atom. The van der Waals surface area contributed by atoms with Gasteiger partial charge in [0.05, 0.1) is 4.90 Å². The topological polar surface area (TPSA) is 142 Å². The number of hydrogen-bond donors (Lipinski definition) is 4. The van der Waals surface area contributed by atoms with Crippen LogP contribution in [0.25, 0.3) is 0 Å². The number of carbonyl (C=O) groups is 2. The Hall–Kier alpha value is -2.76. The summed E-state index contributed by atoms with van der Waals surface area (Å²) in [4.78, 5) is 22.9. The largest absolute Gasteiger partial charge is 0.480 e. The molecule has 2 aromatic carbocycles. The number of aliphatic carboxylic acids is 1. The molecule has 0 spiro atoms. The second-order valence-electron chi connectivity index (χ2n) is 6.90. The lowest BCUT2D eigenvalue weighted by molar-refractivity contribution is -0.135. The number of carbonyl (C=O) groups excluding carboxylic acids is 1. The van der Waals surface area contributed by atoms with Crippen molar-refractivity contribution in [2.75, 3.05) is 23.4 Å². The first-order chi connectivity index (χ1) is 14.8. The van der Waals surface area contributed by atoms with Gasteiger partial charge in [-0.15, -0.1) is 0 Å². The molecule has 1 amide bonds. The van der Waals surface area contributed by atoms with Gasteiger partial charge in [0.2, 0.25) is 0 Å². The number of ether oxygens (including phenoxy) is 1. The van der Waals surface area contributed by atoms with Crippen LogP contribution in [-0.4, -0.2) is 53.4 Å². The molecule has 0 saturated carbocycles. The SMILES string of the molecule is O=C(O)CNc1ccc(Oc2ccc(S(=O)(=O)C3(C(=O)NO)CCSCC3)cc2)cc1. The molecule has 4 N–H and O–H groups in total. The van der Waals surface area contributed by atoms with Crippen molar-refractivity contribution in [2.45, 2.75) is 22.5 Å². The van der Waals surface area contributed by atoms with E-state index < -0.39 is 26.5 Å². The van der Waals surface area contributed by atoms with Gasteiger partial charge in [-0.2, -0.15) is 11.8 Å². The van der Waals surface area contributed by atoms with E-state index in [4.69, 9.17) is 15.1 Å². The Kier molecular flexibility index (Phi) is 7.08. The van der Waals surface area contributed by atoms with Crippen molar-refractivity contribution in [1.82, 2.24) is 5.48 Å². The minimum absolute atomic E-state index is 0.0245. The predicted molar refractivity (Wildman–Crippen MR) is 115 cm³/mol. The maximum atomic E-state index is 13.3. The Morgan fingerprint density at radius 2 is 1.55 bits per heavy atom. The quantitative estimate of drug-likeness (QED) is 0.341. The van der Waals surface area contributed by atoms with Crippen molar-refractivity contribution in [2.24, 2.45) is 0 Å². The highest BCUT2D eigenvalue weighted by Crippen LogP contribution is 2.39. The van der Waals surface area contributed by atoms with Crippen LogP contribution in [0.15, 0.2) is 53.4 Å². The van der Waals surface area contributed by atoms with E-state index in [0.717, 1.165) is 0 Å². The number of anilines is 1. The van der Waals surface area contributed by atoms with Gasteiger partial charge in [-0.3, -0.25) is 14.8 Å². The summed E-state index contributed by atoms with van der Waals surface area (Å²) in [7, 11) is -4.04. The number of carboxylic acid groups (broad SMARTS) is 1. The number of rotatable bonds is 8. The van der Waals surface area contributed by atoms with E-state index in [2.05, 4.69) is 5.32 Å². The molecule has 2 aromatic rings. The molecule has 166 valence electrons. The molecule has 1 fully saturated rings. The molecule has 0 unspecified atom stereocenters. The van der Waals surface area contributed by atoms with Gasteiger partial charge < -0.3 is 15.2 Å². The Bertz CT molecular complexity index is 1030. The normalized spacial score (nSPS) is 15.6. The van der Waals surface area contributed by atoms with Gasteiger partial charge in [-0.05, 0) is 72.9 Å². The molecule has 31 heavy (non-hydrogen) atoms. The zero-order valence-corrected chi connectivity index (χ0v) is 18.0. The van der Waals surface area contributed by atoms with Gasteiger partial charge in [0.1, 0.15) is 18.0 Å². The average molecular weight is 467 g/mol. The first kappa shape index (κ1) is 22.9. The number of benzene rings is 2. The van der Waals surface area contributed by atoms with Crippen molar-refractivity contribution in [3.05, 3.63) is 48.5 Å². The number of hydrogen-bond acceptors (Lipinski definition) is 8. The minimum atomic E-state index is -4.04. The summed E-state index contributed by atoms with van der Waals surface area (Å²) in [6, 6.07) is 12.4. The van der Waals surface area contributed by atoms with Gasteiger partial charge in [0.25, 0.3) is 5.91 Å². The van der Waals surface area contributed by atoms with Gasteiger partial charge in [0, 0.05) is 5.69 Å². The molecule has 0 aliphatic carbocycles. The van der Waals surface area contributed by atoms with E-state index in [1.807, 2.05) is 0 Å². The van der Waals surface area contributed by atoms with E-state index in [1.54, 1.807) is 36.0 Å². The molecule has 0 bridgehead atoms. The summed E-state index contributed by atoms with van der Waals surface area (Å²) < 4.78 is 30.5. The third-order valence-corrected chi connectivity index (χ3v) is 8.50. The molecule has 0 radical (unpaired) electrons. The molecular formula is C20H22N2O7S2. The average Bonchev–Trinajstić information content (AvgIpc) is 2.78. The number of thioether (sulfide) groups is 1. The van der Waals surface area contributed by atoms with E-state index in [9.17, 15) is 18.0 Å². The molecular weight excluding hydrogens is 444 g/mol. The zero-order valence-electron chi connectivity index (χ0n) is 16.4. The van der Waals surface area contributed by atoms with E-state index in [0.29, 0.717) is 28.7 Å². The van der Waals surface area contributed by atoms with Crippen molar-refractivity contribution >= 4 is 39.2 Å². The monoisotopic (exact) mass is 466 g/mol. The highest BCUT2D eigenvalue weighted by Gasteiger charge is 2.51. The van der Waals surface area contributed by atoms with E-state index in [1.165, 1.54) is 29.7 Å². The van der Waals surface area contributed by atoms with Crippen LogP contribution in [0.4, 0.5) is 5.69 Å². The van der Waals surface area contributed by atoms with Gasteiger partial charge in [-0.25, -0.2) is 13.9 Å². The Morgan fingerprint density at radius 1 is 1.00 bits per heavy atom. The van der Waals surface area contributed by atoms with Crippen LogP contribution in [0.2, 0.25) is 0 Å². The first-order valence-electron chi connectivity index (χ1n) is 9.39. The number of amides is 1. The highest BCUT2D eigenvalue weighted by molar-refractivity contribution is 7.99. The number of sulfone groups is 1. The molecule has 3 rings (SSSR count). The summed E-state index contributed by atoms with van der Waals surface area (Å²) in [5.74, 6) is 0.00311. The number of nitrogens with one attached hydrogen (secondary N) is 2. The number of hydroxylamine groups is 1. The van der Waals surface area contributed by atoms with Crippen molar-refractivity contribution in [3.63, 3.8) is 0 Å². The van der Waals surface area contributed by atoms with Crippen LogP contribution >= 0.6 is 11.8 Å². The predicted octanol–water partition coefficient (Wildman–Crippen LogP) is 2.52. The van der Waals surface area contributed by atoms with Crippen LogP contribution in [0.1, 0.15) is 12.8 Å². The molecule has 1 aliphatic rings. The fourth-order valence-corrected chi connectivity index (χ4v) is 6.71. The summed E-state index contributed by atoms with van der Waals surface area (Å²) in [5, 5.41) is 20.5. The van der Waals surface area contributed by atoms with Crippen molar-refractivity contribution < 1.29 is 33.1 Å². The fourth-order valence-electron chi connectivity index (χ4n) is 3.29. The highest BCUT2D eigenvalue weighted by atomic mass is 32.2.